The van der Waals surface area contributed by atoms with E-state index in [4.69, 9.17) is 11.6 Å². The monoisotopic (exact) mass is 435 g/mol. The van der Waals surface area contributed by atoms with Gasteiger partial charge < -0.3 is 15.1 Å². The first-order valence-corrected chi connectivity index (χ1v) is 11.3. The van der Waals surface area contributed by atoms with Crippen LogP contribution in [0.4, 0.5) is 10.5 Å². The van der Waals surface area contributed by atoms with Crippen LogP contribution in [0.5, 0.6) is 0 Å². The van der Waals surface area contributed by atoms with E-state index in [1.807, 2.05) is 18.2 Å². The van der Waals surface area contributed by atoms with Crippen molar-refractivity contribution in [2.45, 2.75) is 11.3 Å². The fourth-order valence-electron chi connectivity index (χ4n) is 3.02. The summed E-state index contributed by atoms with van der Waals surface area (Å²) in [6.45, 7) is 1.55. The van der Waals surface area contributed by atoms with Gasteiger partial charge in [-0.3, -0.25) is 4.79 Å². The molecule has 1 fully saturated rings. The number of sulfone groups is 1. The number of urea groups is 1. The second-order valence-corrected chi connectivity index (χ2v) is 9.23. The SMILES string of the molecule is O=C(CCS(=O)(=O)c1ccc(Cl)cc1)N1CCN(C(=O)Nc2ccccc2)CC1. The number of hydrogen-bond acceptors (Lipinski definition) is 4. The van der Waals surface area contributed by atoms with Gasteiger partial charge in [-0.05, 0) is 36.4 Å². The van der Waals surface area contributed by atoms with Gasteiger partial charge in [0.15, 0.2) is 9.84 Å². The molecule has 1 aliphatic rings. The summed E-state index contributed by atoms with van der Waals surface area (Å²) in [5.74, 6) is -0.493. The van der Waals surface area contributed by atoms with Crippen molar-refractivity contribution in [1.29, 1.82) is 0 Å². The van der Waals surface area contributed by atoms with Crippen LogP contribution in [0.15, 0.2) is 59.5 Å². The van der Waals surface area contributed by atoms with E-state index in [-0.39, 0.29) is 29.0 Å². The summed E-state index contributed by atoms with van der Waals surface area (Å²) in [4.78, 5) is 28.1. The molecule has 1 N–H and O–H groups in total. The number of para-hydroxylation sites is 1. The first-order valence-electron chi connectivity index (χ1n) is 9.22. The summed E-state index contributed by atoms with van der Waals surface area (Å²) >= 11 is 5.78. The summed E-state index contributed by atoms with van der Waals surface area (Å²) in [6, 6.07) is 14.8. The van der Waals surface area contributed by atoms with Gasteiger partial charge in [-0.15, -0.1) is 0 Å². The molecular formula is C20H22ClN3O4S. The van der Waals surface area contributed by atoms with Crippen molar-refractivity contribution in [3.63, 3.8) is 0 Å². The molecule has 0 aromatic heterocycles. The summed E-state index contributed by atoms with van der Waals surface area (Å²) in [6.07, 6.45) is -0.0961. The number of nitrogens with zero attached hydrogens (tertiary/aromatic N) is 2. The molecule has 0 spiro atoms. The Morgan fingerprint density at radius 1 is 0.897 bits per heavy atom. The zero-order chi connectivity index (χ0) is 20.9. The molecule has 7 nitrogen and oxygen atoms in total. The number of anilines is 1. The molecule has 0 unspecified atom stereocenters. The molecule has 29 heavy (non-hydrogen) atoms. The van der Waals surface area contributed by atoms with E-state index in [1.165, 1.54) is 24.3 Å². The molecule has 0 saturated carbocycles. The molecule has 3 amide bonds. The molecule has 3 rings (SSSR count). The highest BCUT2D eigenvalue weighted by atomic mass is 35.5. The molecule has 0 bridgehead atoms. The lowest BCUT2D eigenvalue weighted by atomic mass is 10.3. The summed E-state index contributed by atoms with van der Waals surface area (Å²) < 4.78 is 24.7. The molecule has 1 aliphatic heterocycles. The van der Waals surface area contributed by atoms with Crippen molar-refractivity contribution in [2.24, 2.45) is 0 Å². The highest BCUT2D eigenvalue weighted by Gasteiger charge is 2.25. The molecule has 1 saturated heterocycles. The predicted octanol–water partition coefficient (Wildman–Crippen LogP) is 2.88. The van der Waals surface area contributed by atoms with Crippen molar-refractivity contribution in [2.75, 3.05) is 37.2 Å². The Kier molecular flexibility index (Phi) is 6.76. The van der Waals surface area contributed by atoms with Crippen LogP contribution in [0, 0.1) is 0 Å². The third kappa shape index (κ3) is 5.71. The molecule has 154 valence electrons. The predicted molar refractivity (Wildman–Crippen MR) is 112 cm³/mol. The van der Waals surface area contributed by atoms with Gasteiger partial charge in [0.25, 0.3) is 0 Å². The summed E-state index contributed by atoms with van der Waals surface area (Å²) in [5.41, 5.74) is 0.711. The number of carbonyl (C=O) groups is 2. The van der Waals surface area contributed by atoms with Crippen molar-refractivity contribution in [3.05, 3.63) is 59.6 Å². The van der Waals surface area contributed by atoms with Gasteiger partial charge in [0, 0.05) is 43.3 Å². The smallest absolute Gasteiger partial charge is 0.321 e. The Balaban J connectivity index is 1.47. The first kappa shape index (κ1) is 21.1. The highest BCUT2D eigenvalue weighted by molar-refractivity contribution is 7.91. The third-order valence-electron chi connectivity index (χ3n) is 4.70. The number of amides is 3. The number of halogens is 1. The standard InChI is InChI=1S/C20H22ClN3O4S/c21-16-6-8-18(9-7-16)29(27,28)15-10-19(25)23-11-13-24(14-12-23)20(26)22-17-4-2-1-3-5-17/h1-9H,10-15H2,(H,22,26). The Labute approximate surface area is 175 Å². The number of rotatable bonds is 5. The number of carbonyl (C=O) groups excluding carboxylic acids is 2. The van der Waals surface area contributed by atoms with Gasteiger partial charge in [-0.1, -0.05) is 29.8 Å². The molecule has 2 aromatic carbocycles. The van der Waals surface area contributed by atoms with Gasteiger partial charge in [-0.2, -0.15) is 0 Å². The van der Waals surface area contributed by atoms with Crippen LogP contribution in [-0.4, -0.2) is 62.1 Å². The van der Waals surface area contributed by atoms with Gasteiger partial charge in [0.1, 0.15) is 0 Å². The fourth-order valence-corrected chi connectivity index (χ4v) is 4.38. The Morgan fingerprint density at radius 2 is 1.48 bits per heavy atom. The van der Waals surface area contributed by atoms with Gasteiger partial charge in [0.2, 0.25) is 5.91 Å². The number of hydrogen-bond donors (Lipinski definition) is 1. The number of benzene rings is 2. The first-order chi connectivity index (χ1) is 13.8. The van der Waals surface area contributed by atoms with Crippen LogP contribution in [0.25, 0.3) is 0 Å². The third-order valence-corrected chi connectivity index (χ3v) is 6.69. The largest absolute Gasteiger partial charge is 0.339 e. The Morgan fingerprint density at radius 3 is 2.10 bits per heavy atom. The van der Waals surface area contributed by atoms with Crippen LogP contribution in [-0.2, 0) is 14.6 Å². The van der Waals surface area contributed by atoms with E-state index >= 15 is 0 Å². The van der Waals surface area contributed by atoms with Crippen molar-refractivity contribution in [3.8, 4) is 0 Å². The van der Waals surface area contributed by atoms with Crippen molar-refractivity contribution < 1.29 is 18.0 Å². The van der Waals surface area contributed by atoms with Gasteiger partial charge in [-0.25, -0.2) is 13.2 Å². The van der Waals surface area contributed by atoms with Crippen LogP contribution >= 0.6 is 11.6 Å². The summed E-state index contributed by atoms with van der Waals surface area (Å²) in [5, 5.41) is 3.27. The van der Waals surface area contributed by atoms with E-state index in [0.717, 1.165) is 0 Å². The zero-order valence-corrected chi connectivity index (χ0v) is 17.3. The zero-order valence-electron chi connectivity index (χ0n) is 15.8. The number of nitrogens with one attached hydrogen (secondary N) is 1. The highest BCUT2D eigenvalue weighted by Crippen LogP contribution is 2.17. The lowest BCUT2D eigenvalue weighted by Crippen LogP contribution is -2.51. The van der Waals surface area contributed by atoms with E-state index in [9.17, 15) is 18.0 Å². The van der Waals surface area contributed by atoms with Crippen LogP contribution in [0.2, 0.25) is 5.02 Å². The Bertz CT molecular complexity index is 957. The molecule has 9 heteroatoms. The van der Waals surface area contributed by atoms with Gasteiger partial charge in [0.05, 0.1) is 10.6 Å². The molecule has 0 atom stereocenters. The number of piperazine rings is 1. The van der Waals surface area contributed by atoms with E-state index in [2.05, 4.69) is 5.32 Å². The quantitative estimate of drug-likeness (QED) is 0.782. The van der Waals surface area contributed by atoms with Crippen LogP contribution in [0.1, 0.15) is 6.42 Å². The molecular weight excluding hydrogens is 414 g/mol. The maximum atomic E-state index is 12.4. The average Bonchev–Trinajstić information content (AvgIpc) is 2.73. The molecule has 0 radical (unpaired) electrons. The second-order valence-electron chi connectivity index (χ2n) is 6.69. The van der Waals surface area contributed by atoms with E-state index in [1.54, 1.807) is 21.9 Å². The topological polar surface area (TPSA) is 86.8 Å². The second kappa shape index (κ2) is 9.28. The summed E-state index contributed by atoms with van der Waals surface area (Å²) in [7, 11) is -3.55. The molecule has 2 aromatic rings. The Hall–Kier alpha value is -2.58. The average molecular weight is 436 g/mol. The minimum atomic E-state index is -3.55. The van der Waals surface area contributed by atoms with Crippen LogP contribution in [0.3, 0.4) is 0 Å². The minimum absolute atomic E-state index is 0.0961. The van der Waals surface area contributed by atoms with E-state index in [0.29, 0.717) is 36.9 Å². The normalized spacial score (nSPS) is 14.5. The maximum Gasteiger partial charge on any atom is 0.321 e. The lowest BCUT2D eigenvalue weighted by Gasteiger charge is -2.34. The fraction of sp³-hybridized carbons (Fsp3) is 0.300. The van der Waals surface area contributed by atoms with Gasteiger partial charge >= 0.3 is 6.03 Å². The van der Waals surface area contributed by atoms with Crippen molar-refractivity contribution in [1.82, 2.24) is 9.80 Å². The van der Waals surface area contributed by atoms with Crippen molar-refractivity contribution >= 4 is 39.1 Å². The van der Waals surface area contributed by atoms with E-state index < -0.39 is 9.84 Å². The molecule has 1 heterocycles. The maximum absolute atomic E-state index is 12.4. The minimum Gasteiger partial charge on any atom is -0.339 e. The molecule has 0 aliphatic carbocycles. The lowest BCUT2D eigenvalue weighted by molar-refractivity contribution is -0.132. The van der Waals surface area contributed by atoms with Crippen LogP contribution < -0.4 is 5.32 Å².